The van der Waals surface area contributed by atoms with Gasteiger partial charge in [-0.2, -0.15) is 0 Å². The molecule has 5 heteroatoms. The minimum Gasteiger partial charge on any atom is -0.374 e. The van der Waals surface area contributed by atoms with Crippen molar-refractivity contribution >= 4 is 5.91 Å². The minimum absolute atomic E-state index is 0.00585. The van der Waals surface area contributed by atoms with Crippen molar-refractivity contribution in [2.75, 3.05) is 40.0 Å². The van der Waals surface area contributed by atoms with E-state index in [1.54, 1.807) is 0 Å². The first kappa shape index (κ1) is 13.8. The molecule has 5 nitrogen and oxygen atoms in total. The first-order chi connectivity index (χ1) is 8.56. The standard InChI is InChI=1S/C13H25N3O2/c1-10(2)6-12-13(17)16(9-14-12)8-11-7-15(3)4-5-18-11/h10-12,14H,4-9H2,1-3H3. The van der Waals surface area contributed by atoms with E-state index < -0.39 is 0 Å². The third-order valence-corrected chi connectivity index (χ3v) is 3.61. The summed E-state index contributed by atoms with van der Waals surface area (Å²) in [6.07, 6.45) is 1.08. The van der Waals surface area contributed by atoms with Gasteiger partial charge in [0.2, 0.25) is 5.91 Å². The van der Waals surface area contributed by atoms with Gasteiger partial charge in [-0.15, -0.1) is 0 Å². The van der Waals surface area contributed by atoms with Crippen molar-refractivity contribution in [3.05, 3.63) is 0 Å². The summed E-state index contributed by atoms with van der Waals surface area (Å²) < 4.78 is 5.71. The second-order valence-electron chi connectivity index (χ2n) is 5.86. The molecule has 2 fully saturated rings. The second kappa shape index (κ2) is 5.99. The van der Waals surface area contributed by atoms with Crippen molar-refractivity contribution in [1.82, 2.24) is 15.1 Å². The molecule has 0 radical (unpaired) electrons. The quantitative estimate of drug-likeness (QED) is 0.775. The Morgan fingerprint density at radius 3 is 2.94 bits per heavy atom. The molecular formula is C13H25N3O2. The second-order valence-corrected chi connectivity index (χ2v) is 5.86. The molecule has 2 rings (SSSR count). The molecule has 0 aromatic rings. The molecule has 0 aromatic carbocycles. The molecule has 2 atom stereocenters. The highest BCUT2D eigenvalue weighted by molar-refractivity contribution is 5.83. The number of rotatable bonds is 4. The average molecular weight is 255 g/mol. The zero-order valence-corrected chi connectivity index (χ0v) is 11.7. The summed E-state index contributed by atoms with van der Waals surface area (Å²) >= 11 is 0. The van der Waals surface area contributed by atoms with Crippen LogP contribution < -0.4 is 5.32 Å². The molecule has 0 saturated carbocycles. The number of carbonyl (C=O) groups excluding carboxylic acids is 1. The molecule has 0 aliphatic carbocycles. The van der Waals surface area contributed by atoms with Crippen LogP contribution in [0.4, 0.5) is 0 Å². The Morgan fingerprint density at radius 1 is 1.50 bits per heavy atom. The van der Waals surface area contributed by atoms with Crippen molar-refractivity contribution in [3.63, 3.8) is 0 Å². The molecular weight excluding hydrogens is 230 g/mol. The monoisotopic (exact) mass is 255 g/mol. The Morgan fingerprint density at radius 2 is 2.28 bits per heavy atom. The topological polar surface area (TPSA) is 44.8 Å². The van der Waals surface area contributed by atoms with Crippen LogP contribution in [-0.4, -0.2) is 67.8 Å². The van der Waals surface area contributed by atoms with Crippen LogP contribution in [-0.2, 0) is 9.53 Å². The molecule has 2 unspecified atom stereocenters. The summed E-state index contributed by atoms with van der Waals surface area (Å²) in [6, 6.07) is 0.00585. The van der Waals surface area contributed by atoms with Crippen molar-refractivity contribution in [2.45, 2.75) is 32.4 Å². The van der Waals surface area contributed by atoms with E-state index in [0.29, 0.717) is 19.1 Å². The van der Waals surface area contributed by atoms with Gasteiger partial charge in [-0.05, 0) is 19.4 Å². The fourth-order valence-corrected chi connectivity index (χ4v) is 2.64. The van der Waals surface area contributed by atoms with E-state index in [1.165, 1.54) is 0 Å². The van der Waals surface area contributed by atoms with E-state index in [1.807, 2.05) is 4.90 Å². The molecule has 1 amide bonds. The Kier molecular flexibility index (Phi) is 4.59. The van der Waals surface area contributed by atoms with Crippen LogP contribution in [0.3, 0.4) is 0 Å². The molecule has 2 aliphatic heterocycles. The van der Waals surface area contributed by atoms with Crippen LogP contribution in [0, 0.1) is 5.92 Å². The van der Waals surface area contributed by atoms with Crippen molar-refractivity contribution in [1.29, 1.82) is 0 Å². The predicted octanol–water partition coefficient (Wildman–Crippen LogP) is 0.121. The lowest BCUT2D eigenvalue weighted by Gasteiger charge is -2.32. The van der Waals surface area contributed by atoms with E-state index in [2.05, 4.69) is 31.1 Å². The smallest absolute Gasteiger partial charge is 0.240 e. The Balaban J connectivity index is 1.82. The van der Waals surface area contributed by atoms with E-state index in [4.69, 9.17) is 4.74 Å². The maximum absolute atomic E-state index is 12.2. The van der Waals surface area contributed by atoms with Gasteiger partial charge >= 0.3 is 0 Å². The van der Waals surface area contributed by atoms with Gasteiger partial charge in [-0.1, -0.05) is 13.8 Å². The molecule has 104 valence electrons. The summed E-state index contributed by atoms with van der Waals surface area (Å²) in [5, 5.41) is 3.30. The van der Waals surface area contributed by atoms with E-state index in [-0.39, 0.29) is 18.1 Å². The molecule has 0 bridgehead atoms. The van der Waals surface area contributed by atoms with E-state index in [9.17, 15) is 4.79 Å². The fraction of sp³-hybridized carbons (Fsp3) is 0.923. The van der Waals surface area contributed by atoms with Gasteiger partial charge in [-0.3, -0.25) is 10.1 Å². The first-order valence-corrected chi connectivity index (χ1v) is 6.88. The van der Waals surface area contributed by atoms with Crippen LogP contribution in [0.1, 0.15) is 20.3 Å². The van der Waals surface area contributed by atoms with E-state index in [0.717, 1.165) is 26.1 Å². The molecule has 18 heavy (non-hydrogen) atoms. The first-order valence-electron chi connectivity index (χ1n) is 6.88. The Bertz CT molecular complexity index is 296. The molecule has 1 N–H and O–H groups in total. The molecule has 2 aliphatic rings. The predicted molar refractivity (Wildman–Crippen MR) is 70.2 cm³/mol. The Labute approximate surface area is 109 Å². The third kappa shape index (κ3) is 3.43. The minimum atomic E-state index is 0.00585. The largest absolute Gasteiger partial charge is 0.374 e. The fourth-order valence-electron chi connectivity index (χ4n) is 2.64. The lowest BCUT2D eigenvalue weighted by atomic mass is 10.0. The highest BCUT2D eigenvalue weighted by Gasteiger charge is 2.33. The summed E-state index contributed by atoms with van der Waals surface area (Å²) in [5.41, 5.74) is 0. The Hall–Kier alpha value is -0.650. The van der Waals surface area contributed by atoms with Gasteiger partial charge in [0.1, 0.15) is 0 Å². The van der Waals surface area contributed by atoms with Gasteiger partial charge in [-0.25, -0.2) is 0 Å². The van der Waals surface area contributed by atoms with Crippen LogP contribution in [0.25, 0.3) is 0 Å². The zero-order valence-electron chi connectivity index (χ0n) is 11.7. The molecule has 2 saturated heterocycles. The zero-order chi connectivity index (χ0) is 13.1. The highest BCUT2D eigenvalue weighted by Crippen LogP contribution is 2.14. The van der Waals surface area contributed by atoms with Crippen molar-refractivity contribution in [2.24, 2.45) is 5.92 Å². The van der Waals surface area contributed by atoms with Crippen molar-refractivity contribution in [3.8, 4) is 0 Å². The molecule has 0 spiro atoms. The number of carbonyl (C=O) groups is 1. The number of ether oxygens (including phenoxy) is 1. The van der Waals surface area contributed by atoms with Crippen LogP contribution >= 0.6 is 0 Å². The summed E-state index contributed by atoms with van der Waals surface area (Å²) in [7, 11) is 2.10. The van der Waals surface area contributed by atoms with E-state index >= 15 is 0 Å². The van der Waals surface area contributed by atoms with Gasteiger partial charge < -0.3 is 14.5 Å². The SMILES string of the molecule is CC(C)CC1NCN(CC2CN(C)CCO2)C1=O. The molecule has 0 aromatic heterocycles. The summed E-state index contributed by atoms with van der Waals surface area (Å²) in [5.74, 6) is 0.781. The third-order valence-electron chi connectivity index (χ3n) is 3.61. The number of nitrogens with zero attached hydrogens (tertiary/aromatic N) is 2. The number of amides is 1. The van der Waals surface area contributed by atoms with Gasteiger partial charge in [0.05, 0.1) is 25.4 Å². The van der Waals surface area contributed by atoms with Crippen molar-refractivity contribution < 1.29 is 9.53 Å². The number of morpholine rings is 1. The average Bonchev–Trinajstić information content (AvgIpc) is 2.61. The van der Waals surface area contributed by atoms with Gasteiger partial charge in [0.15, 0.2) is 0 Å². The van der Waals surface area contributed by atoms with Crippen LogP contribution in [0.15, 0.2) is 0 Å². The number of likely N-dealkylation sites (N-methyl/N-ethyl adjacent to an activating group) is 1. The normalized spacial score (nSPS) is 30.4. The highest BCUT2D eigenvalue weighted by atomic mass is 16.5. The molecule has 2 heterocycles. The number of hydrogen-bond acceptors (Lipinski definition) is 4. The lowest BCUT2D eigenvalue weighted by Crippen LogP contribution is -2.47. The van der Waals surface area contributed by atoms with Crippen LogP contribution in [0.2, 0.25) is 0 Å². The lowest BCUT2D eigenvalue weighted by molar-refractivity contribution is -0.132. The number of hydrogen-bond donors (Lipinski definition) is 1. The summed E-state index contributed by atoms with van der Waals surface area (Å²) in [4.78, 5) is 16.3. The maximum Gasteiger partial charge on any atom is 0.240 e. The van der Waals surface area contributed by atoms with Crippen LogP contribution in [0.5, 0.6) is 0 Å². The van der Waals surface area contributed by atoms with Gasteiger partial charge in [0.25, 0.3) is 0 Å². The van der Waals surface area contributed by atoms with Gasteiger partial charge in [0, 0.05) is 19.6 Å². The summed E-state index contributed by atoms with van der Waals surface area (Å²) in [6.45, 7) is 8.35. The number of nitrogens with one attached hydrogen (secondary N) is 1. The maximum atomic E-state index is 12.2.